The number of benzene rings is 1. The van der Waals surface area contributed by atoms with Crippen LogP contribution in [0.15, 0.2) is 22.7 Å². The molecule has 0 spiro atoms. The zero-order valence-electron chi connectivity index (χ0n) is 7.71. The monoisotopic (exact) mass is 291 g/mol. The molecule has 1 aliphatic heterocycles. The van der Waals surface area contributed by atoms with Crippen LogP contribution in [0.3, 0.4) is 0 Å². The number of halogens is 3. The highest BCUT2D eigenvalue weighted by Crippen LogP contribution is 2.27. The van der Waals surface area contributed by atoms with E-state index >= 15 is 0 Å². The van der Waals surface area contributed by atoms with Gasteiger partial charge in [-0.3, -0.25) is 4.79 Å². The fourth-order valence-corrected chi connectivity index (χ4v) is 2.08. The molecule has 1 unspecified atom stereocenters. The van der Waals surface area contributed by atoms with E-state index in [2.05, 4.69) is 15.9 Å². The molecule has 0 N–H and O–H groups in total. The Balaban J connectivity index is 2.30. The zero-order chi connectivity index (χ0) is 11.0. The van der Waals surface area contributed by atoms with Gasteiger partial charge in [0, 0.05) is 18.7 Å². The van der Waals surface area contributed by atoms with Crippen molar-refractivity contribution in [2.75, 3.05) is 11.4 Å². The molecule has 0 radical (unpaired) electrons. The minimum Gasteiger partial charge on any atom is -0.311 e. The van der Waals surface area contributed by atoms with Crippen LogP contribution in [0, 0.1) is 5.82 Å². The van der Waals surface area contributed by atoms with E-state index in [1.54, 1.807) is 12.1 Å². The normalized spacial score (nSPS) is 21.1. The summed E-state index contributed by atoms with van der Waals surface area (Å²) >= 11 is 8.92. The van der Waals surface area contributed by atoms with Gasteiger partial charge in [0.25, 0.3) is 0 Å². The molecule has 0 aromatic heterocycles. The second-order valence-corrected chi connectivity index (χ2v) is 4.88. The molecule has 0 saturated carbocycles. The van der Waals surface area contributed by atoms with Gasteiger partial charge in [0.15, 0.2) is 0 Å². The molecule has 0 bridgehead atoms. The van der Waals surface area contributed by atoms with E-state index in [4.69, 9.17) is 11.6 Å². The molecule has 1 heterocycles. The first-order valence-corrected chi connectivity index (χ1v) is 5.70. The van der Waals surface area contributed by atoms with Crippen molar-refractivity contribution in [3.63, 3.8) is 0 Å². The summed E-state index contributed by atoms with van der Waals surface area (Å²) in [6.07, 6.45) is 0.319. The maximum atomic E-state index is 13.2. The SMILES string of the molecule is O=C1CC(Cl)CN1c1ccc(Br)c(F)c1. The summed E-state index contributed by atoms with van der Waals surface area (Å²) in [5, 5.41) is -0.177. The van der Waals surface area contributed by atoms with Crippen LogP contribution in [0.4, 0.5) is 10.1 Å². The van der Waals surface area contributed by atoms with Crippen LogP contribution in [0.5, 0.6) is 0 Å². The molecule has 80 valence electrons. The Labute approximate surface area is 100 Å². The molecule has 5 heteroatoms. The Morgan fingerprint density at radius 3 is 2.80 bits per heavy atom. The van der Waals surface area contributed by atoms with Crippen molar-refractivity contribution in [3.8, 4) is 0 Å². The average Bonchev–Trinajstić information content (AvgIpc) is 2.50. The van der Waals surface area contributed by atoms with E-state index in [0.29, 0.717) is 23.1 Å². The Bertz CT molecular complexity index is 412. The minimum atomic E-state index is -0.377. The number of hydrogen-bond donors (Lipinski definition) is 0. The number of amides is 1. The van der Waals surface area contributed by atoms with Gasteiger partial charge in [-0.25, -0.2) is 4.39 Å². The third kappa shape index (κ3) is 2.16. The van der Waals surface area contributed by atoms with Crippen LogP contribution in [0.1, 0.15) is 6.42 Å². The van der Waals surface area contributed by atoms with Crippen molar-refractivity contribution in [3.05, 3.63) is 28.5 Å². The number of carbonyl (C=O) groups is 1. The minimum absolute atomic E-state index is 0.0586. The molecular weight excluding hydrogens is 284 g/mol. The average molecular weight is 293 g/mol. The Kier molecular flexibility index (Phi) is 2.98. The quantitative estimate of drug-likeness (QED) is 0.729. The topological polar surface area (TPSA) is 20.3 Å². The number of alkyl halides is 1. The van der Waals surface area contributed by atoms with E-state index < -0.39 is 0 Å². The summed E-state index contributed by atoms with van der Waals surface area (Å²) < 4.78 is 13.6. The zero-order valence-corrected chi connectivity index (χ0v) is 10.1. The Hall–Kier alpha value is -0.610. The summed E-state index contributed by atoms with van der Waals surface area (Å²) in [6.45, 7) is 0.446. The molecule has 2 nitrogen and oxygen atoms in total. The van der Waals surface area contributed by atoms with Crippen LogP contribution in [0.25, 0.3) is 0 Å². The lowest BCUT2D eigenvalue weighted by atomic mass is 10.3. The standard InChI is InChI=1S/C10H8BrClFNO/c11-8-2-1-7(4-9(8)13)14-5-6(12)3-10(14)15/h1-2,4,6H,3,5H2. The molecule has 1 aromatic rings. The molecule has 15 heavy (non-hydrogen) atoms. The van der Waals surface area contributed by atoms with Gasteiger partial charge >= 0.3 is 0 Å². The molecular formula is C10H8BrClFNO. The molecule has 1 fully saturated rings. The van der Waals surface area contributed by atoms with Gasteiger partial charge in [-0.1, -0.05) is 0 Å². The lowest BCUT2D eigenvalue weighted by Crippen LogP contribution is -2.24. The summed E-state index contributed by atoms with van der Waals surface area (Å²) in [5.41, 5.74) is 0.559. The van der Waals surface area contributed by atoms with E-state index in [-0.39, 0.29) is 17.1 Å². The van der Waals surface area contributed by atoms with Crippen molar-refractivity contribution < 1.29 is 9.18 Å². The third-order valence-corrected chi connectivity index (χ3v) is 3.23. The Morgan fingerprint density at radius 1 is 1.53 bits per heavy atom. The Morgan fingerprint density at radius 2 is 2.27 bits per heavy atom. The molecule has 1 aliphatic rings. The second kappa shape index (κ2) is 4.10. The number of anilines is 1. The second-order valence-electron chi connectivity index (χ2n) is 3.40. The lowest BCUT2D eigenvalue weighted by Gasteiger charge is -2.15. The highest BCUT2D eigenvalue weighted by Gasteiger charge is 2.29. The van der Waals surface area contributed by atoms with Crippen molar-refractivity contribution in [1.29, 1.82) is 0 Å². The molecule has 1 aromatic carbocycles. The lowest BCUT2D eigenvalue weighted by molar-refractivity contribution is -0.117. The van der Waals surface area contributed by atoms with E-state index in [1.165, 1.54) is 11.0 Å². The highest BCUT2D eigenvalue weighted by molar-refractivity contribution is 9.10. The first kappa shape index (κ1) is 10.9. The van der Waals surface area contributed by atoms with E-state index in [9.17, 15) is 9.18 Å². The summed E-state index contributed by atoms with van der Waals surface area (Å²) in [7, 11) is 0. The van der Waals surface area contributed by atoms with Crippen LogP contribution in [0.2, 0.25) is 0 Å². The van der Waals surface area contributed by atoms with Crippen LogP contribution >= 0.6 is 27.5 Å². The summed E-state index contributed by atoms with van der Waals surface area (Å²) in [6, 6.07) is 4.61. The highest BCUT2D eigenvalue weighted by atomic mass is 79.9. The predicted octanol–water partition coefficient (Wildman–Crippen LogP) is 2.93. The maximum absolute atomic E-state index is 13.2. The van der Waals surface area contributed by atoms with Gasteiger partial charge in [-0.2, -0.15) is 0 Å². The maximum Gasteiger partial charge on any atom is 0.228 e. The fourth-order valence-electron chi connectivity index (χ4n) is 1.57. The third-order valence-electron chi connectivity index (χ3n) is 2.29. The number of nitrogens with zero attached hydrogens (tertiary/aromatic N) is 1. The van der Waals surface area contributed by atoms with Crippen molar-refractivity contribution in [2.45, 2.75) is 11.8 Å². The van der Waals surface area contributed by atoms with Gasteiger partial charge < -0.3 is 4.90 Å². The van der Waals surface area contributed by atoms with E-state index in [0.717, 1.165) is 0 Å². The molecule has 1 amide bonds. The van der Waals surface area contributed by atoms with Crippen molar-refractivity contribution in [2.24, 2.45) is 0 Å². The van der Waals surface area contributed by atoms with E-state index in [1.807, 2.05) is 0 Å². The smallest absolute Gasteiger partial charge is 0.228 e. The van der Waals surface area contributed by atoms with Crippen molar-refractivity contribution >= 4 is 39.1 Å². The molecule has 1 saturated heterocycles. The molecule has 2 rings (SSSR count). The predicted molar refractivity (Wildman–Crippen MR) is 60.7 cm³/mol. The van der Waals surface area contributed by atoms with Crippen molar-refractivity contribution in [1.82, 2.24) is 0 Å². The first-order valence-electron chi connectivity index (χ1n) is 4.47. The van der Waals surface area contributed by atoms with Crippen LogP contribution in [-0.2, 0) is 4.79 Å². The summed E-state index contributed by atoms with van der Waals surface area (Å²) in [4.78, 5) is 13.0. The van der Waals surface area contributed by atoms with Gasteiger partial charge in [0.05, 0.1) is 9.85 Å². The number of hydrogen-bond acceptors (Lipinski definition) is 1. The van der Waals surface area contributed by atoms with Gasteiger partial charge in [0.1, 0.15) is 5.82 Å². The largest absolute Gasteiger partial charge is 0.311 e. The van der Waals surface area contributed by atoms with Gasteiger partial charge in [0.2, 0.25) is 5.91 Å². The van der Waals surface area contributed by atoms with Gasteiger partial charge in [-0.15, -0.1) is 11.6 Å². The molecule has 0 aliphatic carbocycles. The molecule has 1 atom stereocenters. The van der Waals surface area contributed by atoms with Crippen LogP contribution in [-0.4, -0.2) is 17.8 Å². The number of rotatable bonds is 1. The summed E-state index contributed by atoms with van der Waals surface area (Å²) in [5.74, 6) is -0.435. The van der Waals surface area contributed by atoms with Crippen LogP contribution < -0.4 is 4.90 Å². The van der Waals surface area contributed by atoms with Gasteiger partial charge in [-0.05, 0) is 34.1 Å². The fraction of sp³-hybridized carbons (Fsp3) is 0.300. The number of carbonyl (C=O) groups excluding carboxylic acids is 1. The first-order chi connectivity index (χ1) is 7.08.